The molecule has 0 bridgehead atoms. The molecule has 0 saturated heterocycles. The van der Waals surface area contributed by atoms with Crippen molar-refractivity contribution in [3.63, 3.8) is 0 Å². The van der Waals surface area contributed by atoms with Gasteiger partial charge in [-0.2, -0.15) is 0 Å². The van der Waals surface area contributed by atoms with Crippen LogP contribution in [0.5, 0.6) is 0 Å². The Morgan fingerprint density at radius 2 is 1.65 bits per heavy atom. The maximum Gasteiger partial charge on any atom is 0.158 e. The largest absolute Gasteiger partial charge is 0.390 e. The Morgan fingerprint density at radius 3 is 2.39 bits per heavy atom. The van der Waals surface area contributed by atoms with Crippen molar-refractivity contribution in [3.8, 4) is 0 Å². The number of ketones is 1. The Bertz CT molecular complexity index is 587. The van der Waals surface area contributed by atoms with E-state index >= 15 is 0 Å². The standard InChI is InChI=1S/C21H32O2/c1-13-15-6-5-14-16(19(15,2)10-9-18(13)22)7-11-20(3)17(14)8-12-21(20,4)23/h14,16-17,23H,5-12H2,1-4H3/t14-,16-,17-,19+,20+,21?/m1/s1. The van der Waals surface area contributed by atoms with Crippen LogP contribution in [0.1, 0.15) is 79.1 Å². The van der Waals surface area contributed by atoms with Crippen molar-refractivity contribution in [2.24, 2.45) is 28.6 Å². The number of carbonyl (C=O) groups excluding carboxylic acids is 1. The van der Waals surface area contributed by atoms with Crippen LogP contribution in [0.25, 0.3) is 0 Å². The van der Waals surface area contributed by atoms with Gasteiger partial charge in [-0.1, -0.05) is 19.4 Å². The zero-order valence-corrected chi connectivity index (χ0v) is 15.2. The van der Waals surface area contributed by atoms with Gasteiger partial charge in [-0.25, -0.2) is 0 Å². The third-order valence-corrected chi connectivity index (χ3v) is 8.98. The molecule has 1 N–H and O–H groups in total. The summed E-state index contributed by atoms with van der Waals surface area (Å²) >= 11 is 0. The lowest BCUT2D eigenvalue weighted by Gasteiger charge is -2.59. The lowest BCUT2D eigenvalue weighted by Crippen LogP contribution is -2.54. The van der Waals surface area contributed by atoms with E-state index in [1.807, 2.05) is 0 Å². The van der Waals surface area contributed by atoms with Gasteiger partial charge in [-0.15, -0.1) is 0 Å². The summed E-state index contributed by atoms with van der Waals surface area (Å²) in [6.45, 7) is 8.95. The minimum atomic E-state index is -0.488. The Labute approximate surface area is 140 Å². The third kappa shape index (κ3) is 1.88. The molecule has 0 spiro atoms. The maximum absolute atomic E-state index is 12.2. The van der Waals surface area contributed by atoms with E-state index < -0.39 is 5.60 Å². The van der Waals surface area contributed by atoms with E-state index in [0.29, 0.717) is 11.7 Å². The van der Waals surface area contributed by atoms with Crippen LogP contribution in [0.4, 0.5) is 0 Å². The molecule has 4 aliphatic rings. The molecule has 6 atom stereocenters. The molecule has 1 unspecified atom stereocenters. The summed E-state index contributed by atoms with van der Waals surface area (Å²) in [5.41, 5.74) is 2.44. The van der Waals surface area contributed by atoms with Crippen molar-refractivity contribution in [3.05, 3.63) is 11.1 Å². The molecule has 0 aromatic rings. The monoisotopic (exact) mass is 316 g/mol. The Balaban J connectivity index is 1.72. The number of hydrogen-bond acceptors (Lipinski definition) is 2. The molecule has 0 radical (unpaired) electrons. The molecule has 0 amide bonds. The second kappa shape index (κ2) is 4.71. The SMILES string of the molecule is CC1=C2CC[C@@H]3[C@@H](CC[C@@]4(C)[C@@H]3CCC4(C)O)[C@@]2(C)CCC1=O. The van der Waals surface area contributed by atoms with Crippen LogP contribution in [0.2, 0.25) is 0 Å². The van der Waals surface area contributed by atoms with Gasteiger partial charge in [0.15, 0.2) is 5.78 Å². The van der Waals surface area contributed by atoms with E-state index in [0.717, 1.165) is 49.5 Å². The molecular weight excluding hydrogens is 284 g/mol. The molecule has 0 aliphatic heterocycles. The molecule has 0 aromatic heterocycles. The summed E-state index contributed by atoms with van der Waals surface area (Å²) in [7, 11) is 0. The second-order valence-electron chi connectivity index (χ2n) is 9.63. The van der Waals surface area contributed by atoms with Gasteiger partial charge in [0.25, 0.3) is 0 Å². The van der Waals surface area contributed by atoms with Crippen molar-refractivity contribution < 1.29 is 9.90 Å². The second-order valence-corrected chi connectivity index (χ2v) is 9.63. The van der Waals surface area contributed by atoms with Gasteiger partial charge >= 0.3 is 0 Å². The molecule has 4 aliphatic carbocycles. The number of carbonyl (C=O) groups is 1. The molecule has 3 fully saturated rings. The smallest absolute Gasteiger partial charge is 0.158 e. The molecular formula is C21H32O2. The van der Waals surface area contributed by atoms with E-state index in [1.54, 1.807) is 0 Å². The van der Waals surface area contributed by atoms with Gasteiger partial charge in [0.2, 0.25) is 0 Å². The van der Waals surface area contributed by atoms with Crippen LogP contribution in [0.3, 0.4) is 0 Å². The zero-order valence-electron chi connectivity index (χ0n) is 15.2. The van der Waals surface area contributed by atoms with Crippen LogP contribution in [-0.4, -0.2) is 16.5 Å². The number of rotatable bonds is 0. The third-order valence-electron chi connectivity index (χ3n) is 8.98. The first-order valence-electron chi connectivity index (χ1n) is 9.66. The van der Waals surface area contributed by atoms with E-state index in [9.17, 15) is 9.90 Å². The summed E-state index contributed by atoms with van der Waals surface area (Å²) in [5, 5.41) is 11.0. The summed E-state index contributed by atoms with van der Waals surface area (Å²) in [5.74, 6) is 2.53. The first kappa shape index (κ1) is 15.9. The molecule has 2 heteroatoms. The highest BCUT2D eigenvalue weighted by atomic mass is 16.3. The van der Waals surface area contributed by atoms with Crippen molar-refractivity contribution in [1.29, 1.82) is 0 Å². The Kier molecular flexibility index (Phi) is 3.25. The van der Waals surface area contributed by atoms with E-state index in [4.69, 9.17) is 0 Å². The van der Waals surface area contributed by atoms with E-state index in [-0.39, 0.29) is 10.8 Å². The van der Waals surface area contributed by atoms with E-state index in [1.165, 1.54) is 24.8 Å². The predicted octanol–water partition coefficient (Wildman–Crippen LogP) is 4.66. The number of fused-ring (bicyclic) bond motifs is 5. The summed E-state index contributed by atoms with van der Waals surface area (Å²) < 4.78 is 0. The quantitative estimate of drug-likeness (QED) is 0.706. The van der Waals surface area contributed by atoms with Crippen molar-refractivity contribution >= 4 is 5.78 Å². The minimum Gasteiger partial charge on any atom is -0.390 e. The molecule has 3 saturated carbocycles. The summed E-state index contributed by atoms with van der Waals surface area (Å²) in [4.78, 5) is 12.2. The highest BCUT2D eigenvalue weighted by molar-refractivity contribution is 5.96. The Morgan fingerprint density at radius 1 is 0.957 bits per heavy atom. The highest BCUT2D eigenvalue weighted by Crippen LogP contribution is 2.67. The van der Waals surface area contributed by atoms with Crippen molar-refractivity contribution in [2.45, 2.75) is 84.7 Å². The summed E-state index contributed by atoms with van der Waals surface area (Å²) in [6, 6.07) is 0. The van der Waals surface area contributed by atoms with Crippen LogP contribution < -0.4 is 0 Å². The summed E-state index contributed by atoms with van der Waals surface area (Å²) in [6.07, 6.45) is 8.69. The van der Waals surface area contributed by atoms with Crippen LogP contribution in [0, 0.1) is 28.6 Å². The number of allylic oxidation sites excluding steroid dienone is 1. The molecule has 23 heavy (non-hydrogen) atoms. The number of aliphatic hydroxyl groups is 1. The Hall–Kier alpha value is -0.630. The van der Waals surface area contributed by atoms with Crippen LogP contribution in [0.15, 0.2) is 11.1 Å². The van der Waals surface area contributed by atoms with Crippen molar-refractivity contribution in [2.75, 3.05) is 0 Å². The van der Waals surface area contributed by atoms with E-state index in [2.05, 4.69) is 27.7 Å². The fourth-order valence-electron chi connectivity index (χ4n) is 7.23. The topological polar surface area (TPSA) is 37.3 Å². The lowest BCUT2D eigenvalue weighted by atomic mass is 9.46. The average molecular weight is 316 g/mol. The average Bonchev–Trinajstić information content (AvgIpc) is 2.74. The number of hydrogen-bond donors (Lipinski definition) is 1. The van der Waals surface area contributed by atoms with Gasteiger partial charge in [-0.05, 0) is 93.0 Å². The molecule has 4 rings (SSSR count). The first-order chi connectivity index (χ1) is 10.7. The lowest BCUT2D eigenvalue weighted by molar-refractivity contribution is -0.125. The molecule has 0 heterocycles. The zero-order chi connectivity index (χ0) is 16.6. The van der Waals surface area contributed by atoms with Gasteiger partial charge in [-0.3, -0.25) is 4.79 Å². The van der Waals surface area contributed by atoms with Crippen LogP contribution in [-0.2, 0) is 4.79 Å². The van der Waals surface area contributed by atoms with Gasteiger partial charge in [0.1, 0.15) is 0 Å². The predicted molar refractivity (Wildman–Crippen MR) is 92.0 cm³/mol. The highest BCUT2D eigenvalue weighted by Gasteiger charge is 2.62. The van der Waals surface area contributed by atoms with Gasteiger partial charge < -0.3 is 5.11 Å². The normalized spacial score (nSPS) is 52.9. The molecule has 2 nitrogen and oxygen atoms in total. The van der Waals surface area contributed by atoms with Crippen LogP contribution >= 0.6 is 0 Å². The van der Waals surface area contributed by atoms with Crippen molar-refractivity contribution in [1.82, 2.24) is 0 Å². The molecule has 0 aromatic carbocycles. The molecule has 128 valence electrons. The first-order valence-corrected chi connectivity index (χ1v) is 9.66. The maximum atomic E-state index is 12.2. The van der Waals surface area contributed by atoms with Gasteiger partial charge in [0.05, 0.1) is 5.60 Å². The number of Topliss-reactive ketones (excluding diaryl/α,β-unsaturated/α-hetero) is 1. The van der Waals surface area contributed by atoms with Gasteiger partial charge in [0, 0.05) is 6.42 Å². The fourth-order valence-corrected chi connectivity index (χ4v) is 7.23. The minimum absolute atomic E-state index is 0.102. The fraction of sp³-hybridized carbons (Fsp3) is 0.857.